The van der Waals surface area contributed by atoms with Crippen LogP contribution in [-0.2, 0) is 0 Å². The fourth-order valence-electron chi connectivity index (χ4n) is 2.27. The molecule has 0 aliphatic heterocycles. The standard InChI is InChI=1S/C21H30FN/c1-5-7-8-9-17(4)21(22)15-19(14-16(3)6-2)18-10-12-20(23)13-11-18/h10-16H,4-9,23H2,1-3H3/b19-14+,21-15+. The molecule has 0 aliphatic carbocycles. The quantitative estimate of drug-likeness (QED) is 0.307. The maximum absolute atomic E-state index is 14.5. The van der Waals surface area contributed by atoms with Gasteiger partial charge in [0.05, 0.1) is 0 Å². The highest BCUT2D eigenvalue weighted by Crippen LogP contribution is 2.26. The first-order valence-electron chi connectivity index (χ1n) is 8.61. The van der Waals surface area contributed by atoms with E-state index < -0.39 is 0 Å². The molecule has 1 rings (SSSR count). The lowest BCUT2D eigenvalue weighted by Crippen LogP contribution is -1.92. The number of hydrogen-bond donors (Lipinski definition) is 1. The first-order chi connectivity index (χ1) is 11.0. The Morgan fingerprint density at radius 2 is 1.87 bits per heavy atom. The van der Waals surface area contributed by atoms with E-state index in [4.69, 9.17) is 5.73 Å². The summed E-state index contributed by atoms with van der Waals surface area (Å²) in [5.41, 5.74) is 8.93. The number of allylic oxidation sites excluding steroid dienone is 5. The summed E-state index contributed by atoms with van der Waals surface area (Å²) in [7, 11) is 0. The molecule has 0 aromatic heterocycles. The predicted octanol–water partition coefficient (Wildman–Crippen LogP) is 6.69. The summed E-state index contributed by atoms with van der Waals surface area (Å²) < 4.78 is 14.5. The number of anilines is 1. The van der Waals surface area contributed by atoms with Crippen molar-refractivity contribution in [1.82, 2.24) is 0 Å². The van der Waals surface area contributed by atoms with Gasteiger partial charge in [-0.1, -0.05) is 64.8 Å². The van der Waals surface area contributed by atoms with E-state index in [1.807, 2.05) is 24.3 Å². The molecule has 2 N–H and O–H groups in total. The topological polar surface area (TPSA) is 26.0 Å². The van der Waals surface area contributed by atoms with Crippen molar-refractivity contribution in [3.05, 3.63) is 60.0 Å². The smallest absolute Gasteiger partial charge is 0.126 e. The Kier molecular flexibility index (Phi) is 8.39. The van der Waals surface area contributed by atoms with Crippen LogP contribution in [-0.4, -0.2) is 0 Å². The Morgan fingerprint density at radius 1 is 1.22 bits per heavy atom. The lowest BCUT2D eigenvalue weighted by atomic mass is 9.97. The third kappa shape index (κ3) is 6.85. The average Bonchev–Trinajstić information content (AvgIpc) is 2.54. The Bertz CT molecular complexity index is 552. The molecule has 1 nitrogen and oxygen atoms in total. The molecule has 0 fully saturated rings. The molecule has 0 spiro atoms. The summed E-state index contributed by atoms with van der Waals surface area (Å²) in [4.78, 5) is 0. The Balaban J connectivity index is 3.00. The second kappa shape index (κ2) is 10.0. The van der Waals surface area contributed by atoms with Crippen molar-refractivity contribution in [3.63, 3.8) is 0 Å². The van der Waals surface area contributed by atoms with E-state index >= 15 is 0 Å². The van der Waals surface area contributed by atoms with Gasteiger partial charge in [-0.15, -0.1) is 0 Å². The fraction of sp³-hybridized carbons (Fsp3) is 0.429. The van der Waals surface area contributed by atoms with E-state index in [0.29, 0.717) is 23.6 Å². The van der Waals surface area contributed by atoms with Gasteiger partial charge >= 0.3 is 0 Å². The van der Waals surface area contributed by atoms with E-state index in [-0.39, 0.29) is 5.83 Å². The monoisotopic (exact) mass is 315 g/mol. The highest BCUT2D eigenvalue weighted by molar-refractivity contribution is 5.76. The minimum absolute atomic E-state index is 0.215. The average molecular weight is 315 g/mol. The molecular weight excluding hydrogens is 285 g/mol. The summed E-state index contributed by atoms with van der Waals surface area (Å²) in [6, 6.07) is 7.57. The SMILES string of the molecule is C=C(CCCCC)/C(F)=C\C(=C/C(C)CC)c1ccc(N)cc1. The van der Waals surface area contributed by atoms with Crippen molar-refractivity contribution in [1.29, 1.82) is 0 Å². The summed E-state index contributed by atoms with van der Waals surface area (Å²) in [5, 5.41) is 0. The van der Waals surface area contributed by atoms with Crippen molar-refractivity contribution >= 4 is 11.3 Å². The van der Waals surface area contributed by atoms with Crippen LogP contribution < -0.4 is 5.73 Å². The van der Waals surface area contributed by atoms with Gasteiger partial charge < -0.3 is 5.73 Å². The van der Waals surface area contributed by atoms with Crippen LogP contribution in [0.15, 0.2) is 54.4 Å². The molecule has 0 bridgehead atoms. The minimum Gasteiger partial charge on any atom is -0.399 e. The molecule has 1 aromatic carbocycles. The molecule has 0 saturated heterocycles. The van der Waals surface area contributed by atoms with Crippen molar-refractivity contribution in [2.45, 2.75) is 52.9 Å². The zero-order chi connectivity index (χ0) is 17.2. The third-order valence-electron chi connectivity index (χ3n) is 4.05. The molecule has 1 aromatic rings. The molecule has 1 unspecified atom stereocenters. The normalized spacial score (nSPS) is 13.9. The summed E-state index contributed by atoms with van der Waals surface area (Å²) in [6.45, 7) is 10.3. The van der Waals surface area contributed by atoms with Gasteiger partial charge in [0.25, 0.3) is 0 Å². The van der Waals surface area contributed by atoms with Gasteiger partial charge in [-0.05, 0) is 53.7 Å². The van der Waals surface area contributed by atoms with Crippen LogP contribution in [0.25, 0.3) is 5.57 Å². The van der Waals surface area contributed by atoms with Crippen molar-refractivity contribution < 1.29 is 4.39 Å². The first kappa shape index (κ1) is 19.2. The maximum atomic E-state index is 14.5. The molecule has 126 valence electrons. The van der Waals surface area contributed by atoms with Gasteiger partial charge in [-0.3, -0.25) is 0 Å². The summed E-state index contributed by atoms with van der Waals surface area (Å²) in [5.74, 6) is 0.174. The number of nitrogen functional groups attached to an aromatic ring is 1. The van der Waals surface area contributed by atoms with E-state index in [1.54, 1.807) is 6.08 Å². The van der Waals surface area contributed by atoms with Gasteiger partial charge in [0, 0.05) is 5.69 Å². The Labute approximate surface area is 140 Å². The largest absolute Gasteiger partial charge is 0.399 e. The van der Waals surface area contributed by atoms with Gasteiger partial charge in [0.2, 0.25) is 0 Å². The molecular formula is C21H30FN. The number of halogens is 1. The highest BCUT2D eigenvalue weighted by Gasteiger charge is 2.07. The number of nitrogens with two attached hydrogens (primary N) is 1. The lowest BCUT2D eigenvalue weighted by Gasteiger charge is -2.09. The van der Waals surface area contributed by atoms with Gasteiger partial charge in [0.1, 0.15) is 5.83 Å². The van der Waals surface area contributed by atoms with Crippen LogP contribution in [0.5, 0.6) is 0 Å². The second-order valence-corrected chi connectivity index (χ2v) is 6.18. The van der Waals surface area contributed by atoms with Crippen LogP contribution in [0.1, 0.15) is 58.4 Å². The van der Waals surface area contributed by atoms with E-state index in [0.717, 1.165) is 36.8 Å². The Hall–Kier alpha value is -1.83. The van der Waals surface area contributed by atoms with Crippen molar-refractivity contribution in [2.75, 3.05) is 5.73 Å². The minimum atomic E-state index is -0.215. The summed E-state index contributed by atoms with van der Waals surface area (Å²) >= 11 is 0. The second-order valence-electron chi connectivity index (χ2n) is 6.18. The van der Waals surface area contributed by atoms with Crippen molar-refractivity contribution in [2.24, 2.45) is 5.92 Å². The van der Waals surface area contributed by atoms with Crippen LogP contribution in [0.2, 0.25) is 0 Å². The van der Waals surface area contributed by atoms with E-state index in [1.165, 1.54) is 0 Å². The zero-order valence-electron chi connectivity index (χ0n) is 14.7. The van der Waals surface area contributed by atoms with Gasteiger partial charge in [-0.2, -0.15) is 0 Å². The van der Waals surface area contributed by atoms with Crippen LogP contribution in [0, 0.1) is 5.92 Å². The number of benzene rings is 1. The van der Waals surface area contributed by atoms with Crippen LogP contribution in [0.3, 0.4) is 0 Å². The van der Waals surface area contributed by atoms with Crippen LogP contribution >= 0.6 is 0 Å². The molecule has 0 radical (unpaired) electrons. The maximum Gasteiger partial charge on any atom is 0.126 e. The van der Waals surface area contributed by atoms with Gasteiger partial charge in [-0.25, -0.2) is 4.39 Å². The van der Waals surface area contributed by atoms with E-state index in [9.17, 15) is 4.39 Å². The molecule has 0 amide bonds. The third-order valence-corrected chi connectivity index (χ3v) is 4.05. The number of rotatable bonds is 9. The molecule has 1 atom stereocenters. The number of unbranched alkanes of at least 4 members (excludes halogenated alkanes) is 2. The Morgan fingerprint density at radius 3 is 2.43 bits per heavy atom. The predicted molar refractivity (Wildman–Crippen MR) is 101 cm³/mol. The highest BCUT2D eigenvalue weighted by atomic mass is 19.1. The first-order valence-corrected chi connectivity index (χ1v) is 8.61. The zero-order valence-corrected chi connectivity index (χ0v) is 14.7. The summed E-state index contributed by atoms with van der Waals surface area (Å²) in [6.07, 6.45) is 8.70. The molecule has 0 heterocycles. The lowest BCUT2D eigenvalue weighted by molar-refractivity contribution is 0.623. The fourth-order valence-corrected chi connectivity index (χ4v) is 2.27. The number of hydrogen-bond acceptors (Lipinski definition) is 1. The molecule has 0 saturated carbocycles. The van der Waals surface area contributed by atoms with E-state index in [2.05, 4.69) is 33.4 Å². The molecule has 0 aliphatic rings. The molecule has 23 heavy (non-hydrogen) atoms. The molecule has 2 heteroatoms. The van der Waals surface area contributed by atoms with Crippen molar-refractivity contribution in [3.8, 4) is 0 Å². The van der Waals surface area contributed by atoms with Crippen LogP contribution in [0.4, 0.5) is 10.1 Å². The van der Waals surface area contributed by atoms with Gasteiger partial charge in [0.15, 0.2) is 0 Å².